The molecular weight excluding hydrogens is 562 g/mol. The summed E-state index contributed by atoms with van der Waals surface area (Å²) in [5.74, 6) is 1.68. The van der Waals surface area contributed by atoms with Crippen LogP contribution >= 0.6 is 46.4 Å². The lowest BCUT2D eigenvalue weighted by Crippen LogP contribution is -2.12. The molecule has 2 aliphatic rings. The maximum atomic E-state index is 6.67. The molecule has 194 valence electrons. The van der Waals surface area contributed by atoms with Crippen molar-refractivity contribution in [3.63, 3.8) is 0 Å². The Bertz CT molecular complexity index is 1560. The summed E-state index contributed by atoms with van der Waals surface area (Å²) < 4.78 is 8.48. The molecule has 2 heterocycles. The topological polar surface area (TPSA) is 56.7 Å². The van der Waals surface area contributed by atoms with Gasteiger partial charge in [0.25, 0.3) is 5.89 Å². The van der Waals surface area contributed by atoms with Crippen molar-refractivity contribution in [2.75, 3.05) is 0 Å². The van der Waals surface area contributed by atoms with Gasteiger partial charge in [0.2, 0.25) is 5.89 Å². The fourth-order valence-electron chi connectivity index (χ4n) is 5.02. The summed E-state index contributed by atoms with van der Waals surface area (Å²) >= 11 is 25.3. The van der Waals surface area contributed by atoms with E-state index in [-0.39, 0.29) is 10.8 Å². The van der Waals surface area contributed by atoms with Gasteiger partial charge in [0.15, 0.2) is 0 Å². The number of alkyl halides is 1. The number of hydrogen-bond donors (Lipinski definition) is 0. The van der Waals surface area contributed by atoms with Crippen LogP contribution in [-0.4, -0.2) is 25.1 Å². The first kappa shape index (κ1) is 25.7. The first-order valence-electron chi connectivity index (χ1n) is 12.6. The summed E-state index contributed by atoms with van der Waals surface area (Å²) in [7, 11) is 0. The van der Waals surface area contributed by atoms with Gasteiger partial charge in [-0.2, -0.15) is 0 Å². The van der Waals surface area contributed by atoms with Crippen molar-refractivity contribution in [1.29, 1.82) is 0 Å². The van der Waals surface area contributed by atoms with Crippen LogP contribution in [0.5, 0.6) is 0 Å². The van der Waals surface area contributed by atoms with Gasteiger partial charge in [-0.15, -0.1) is 21.8 Å². The van der Waals surface area contributed by atoms with E-state index in [1.54, 1.807) is 12.1 Å². The first-order valence-corrected chi connectivity index (χ1v) is 14.2. The Morgan fingerprint density at radius 1 is 1.03 bits per heavy atom. The Balaban J connectivity index is 1.50. The number of aromatic nitrogens is 4. The fraction of sp³-hybridized carbons (Fsp3) is 0.276. The molecule has 1 atom stereocenters. The third-order valence-electron chi connectivity index (χ3n) is 7.10. The van der Waals surface area contributed by atoms with Crippen molar-refractivity contribution in [3.05, 3.63) is 92.9 Å². The third-order valence-corrected chi connectivity index (χ3v) is 8.23. The Hall–Kier alpha value is -2.57. The Labute approximate surface area is 241 Å². The number of rotatable bonds is 7. The van der Waals surface area contributed by atoms with Crippen LogP contribution in [0.25, 0.3) is 28.7 Å². The number of allylic oxidation sites excluding steroid dienone is 4. The molecule has 9 heteroatoms. The summed E-state index contributed by atoms with van der Waals surface area (Å²) in [4.78, 5) is 5.06. The summed E-state index contributed by atoms with van der Waals surface area (Å²) in [6.45, 7) is 2.13. The molecule has 1 unspecified atom stereocenters. The number of nitrogens with zero attached hydrogens (tertiary/aromatic N) is 4. The van der Waals surface area contributed by atoms with E-state index in [1.165, 1.54) is 5.57 Å². The Kier molecular flexibility index (Phi) is 6.89. The molecule has 38 heavy (non-hydrogen) atoms. The molecule has 2 aromatic heterocycles. The molecule has 0 aliphatic heterocycles. The smallest absolute Gasteiger partial charge is 0.268 e. The minimum atomic E-state index is -0.245. The number of hydrogen-bond acceptors (Lipinski definition) is 4. The minimum Gasteiger partial charge on any atom is -0.418 e. The Morgan fingerprint density at radius 3 is 2.45 bits per heavy atom. The van der Waals surface area contributed by atoms with E-state index in [0.29, 0.717) is 38.4 Å². The lowest BCUT2D eigenvalue weighted by atomic mass is 9.91. The maximum absolute atomic E-state index is 6.67. The van der Waals surface area contributed by atoms with Crippen LogP contribution < -0.4 is 0 Å². The second-order valence-corrected chi connectivity index (χ2v) is 11.5. The van der Waals surface area contributed by atoms with E-state index in [0.717, 1.165) is 49.0 Å². The Morgan fingerprint density at radius 2 is 1.79 bits per heavy atom. The van der Waals surface area contributed by atoms with Crippen molar-refractivity contribution < 1.29 is 4.42 Å². The van der Waals surface area contributed by atoms with Gasteiger partial charge in [-0.25, -0.2) is 4.98 Å². The molecule has 4 aromatic rings. The molecule has 0 saturated heterocycles. The summed E-state index contributed by atoms with van der Waals surface area (Å²) in [6.07, 6.45) is 10.7. The van der Waals surface area contributed by atoms with Crippen molar-refractivity contribution in [3.8, 4) is 28.7 Å². The minimum absolute atomic E-state index is 0.0272. The average molecular weight is 586 g/mol. The molecule has 6 rings (SSSR count). The second-order valence-electron chi connectivity index (χ2n) is 9.68. The van der Waals surface area contributed by atoms with Gasteiger partial charge in [0.05, 0.1) is 21.5 Å². The van der Waals surface area contributed by atoms with Crippen molar-refractivity contribution in [2.45, 2.75) is 49.8 Å². The zero-order valence-corrected chi connectivity index (χ0v) is 23.6. The molecule has 2 aromatic carbocycles. The third kappa shape index (κ3) is 4.60. The van der Waals surface area contributed by atoms with E-state index in [1.807, 2.05) is 36.4 Å². The maximum Gasteiger partial charge on any atom is 0.268 e. The normalized spacial score (nSPS) is 18.0. The molecular formula is C29H24Cl4N4O. The van der Waals surface area contributed by atoms with Crippen LogP contribution in [0.4, 0.5) is 0 Å². The number of imidazole rings is 1. The average Bonchev–Trinajstić information content (AvgIpc) is 3.41. The molecule has 5 nitrogen and oxygen atoms in total. The monoisotopic (exact) mass is 584 g/mol. The molecule has 0 bridgehead atoms. The lowest BCUT2D eigenvalue weighted by molar-refractivity contribution is 0.469. The quantitative estimate of drug-likeness (QED) is 0.203. The number of benzene rings is 2. The second kappa shape index (κ2) is 10.2. The van der Waals surface area contributed by atoms with Crippen LogP contribution in [0.3, 0.4) is 0 Å². The van der Waals surface area contributed by atoms with Gasteiger partial charge in [-0.05, 0) is 73.7 Å². The predicted octanol–water partition coefficient (Wildman–Crippen LogP) is 9.03. The molecule has 0 amide bonds. The van der Waals surface area contributed by atoms with Gasteiger partial charge in [-0.3, -0.25) is 4.57 Å². The van der Waals surface area contributed by atoms with E-state index >= 15 is 0 Å². The summed E-state index contributed by atoms with van der Waals surface area (Å²) in [5.41, 5.74) is 4.21. The van der Waals surface area contributed by atoms with E-state index in [9.17, 15) is 0 Å². The number of halogens is 4. The van der Waals surface area contributed by atoms with E-state index in [4.69, 9.17) is 55.8 Å². The zero-order chi connectivity index (χ0) is 26.4. The van der Waals surface area contributed by atoms with Crippen LogP contribution in [0, 0.1) is 0 Å². The van der Waals surface area contributed by atoms with E-state index < -0.39 is 0 Å². The van der Waals surface area contributed by atoms with Crippen molar-refractivity contribution in [2.24, 2.45) is 0 Å². The van der Waals surface area contributed by atoms with Gasteiger partial charge in [-0.1, -0.05) is 66.4 Å². The SMILES string of the molecule is CCCc1c(-c2nnc(C3(C4=CCC(Cl)C=C4)CC3)o2)nc(-c2ccc(Cl)cc2Cl)n1-c1ccc(Cl)cc1. The lowest BCUT2D eigenvalue weighted by Gasteiger charge is -2.16. The summed E-state index contributed by atoms with van der Waals surface area (Å²) in [5, 5.41) is 10.7. The van der Waals surface area contributed by atoms with Gasteiger partial charge < -0.3 is 4.42 Å². The molecule has 1 fully saturated rings. The zero-order valence-electron chi connectivity index (χ0n) is 20.6. The highest BCUT2D eigenvalue weighted by Crippen LogP contribution is 2.55. The molecule has 0 radical (unpaired) electrons. The molecule has 1 saturated carbocycles. The first-order chi connectivity index (χ1) is 18.4. The van der Waals surface area contributed by atoms with Gasteiger partial charge >= 0.3 is 0 Å². The molecule has 2 aliphatic carbocycles. The molecule has 0 spiro atoms. The largest absolute Gasteiger partial charge is 0.418 e. The van der Waals surface area contributed by atoms with Gasteiger partial charge in [0, 0.05) is 21.3 Å². The van der Waals surface area contributed by atoms with Crippen LogP contribution in [0.1, 0.15) is 44.2 Å². The molecule has 0 N–H and O–H groups in total. The highest BCUT2D eigenvalue weighted by Gasteiger charge is 2.52. The van der Waals surface area contributed by atoms with Crippen LogP contribution in [-0.2, 0) is 11.8 Å². The highest BCUT2D eigenvalue weighted by atomic mass is 35.5. The van der Waals surface area contributed by atoms with Crippen molar-refractivity contribution >= 4 is 46.4 Å². The van der Waals surface area contributed by atoms with Crippen LogP contribution in [0.2, 0.25) is 15.1 Å². The highest BCUT2D eigenvalue weighted by molar-refractivity contribution is 6.36. The standard InChI is InChI=1S/C29H24Cl4N4O/c1-2-3-24-25(27-35-36-28(38-27)29(14-15-29)17-4-6-18(30)7-5-17)34-26(22-13-10-20(32)16-23(22)33)37(24)21-11-8-19(31)9-12-21/h4-6,8-13,16,18H,2-3,7,14-15H2,1H3. The summed E-state index contributed by atoms with van der Waals surface area (Å²) in [6, 6.07) is 13.0. The predicted molar refractivity (Wildman–Crippen MR) is 154 cm³/mol. The fourth-order valence-corrected chi connectivity index (χ4v) is 5.81. The van der Waals surface area contributed by atoms with Gasteiger partial charge in [0.1, 0.15) is 11.5 Å². The van der Waals surface area contributed by atoms with E-state index in [2.05, 4.69) is 33.8 Å². The van der Waals surface area contributed by atoms with Crippen LogP contribution in [0.15, 0.2) is 70.7 Å². The van der Waals surface area contributed by atoms with Crippen molar-refractivity contribution in [1.82, 2.24) is 19.7 Å².